The van der Waals surface area contributed by atoms with Gasteiger partial charge in [0.2, 0.25) is 0 Å². The van der Waals surface area contributed by atoms with Gasteiger partial charge in [-0.3, -0.25) is 37.3 Å². The fraction of sp³-hybridized carbons (Fsp3) is 0.941. The third kappa shape index (κ3) is 60.1. The van der Waals surface area contributed by atoms with Gasteiger partial charge in [0.05, 0.1) is 26.4 Å². The minimum Gasteiger partial charge on any atom is -0.462 e. The summed E-state index contributed by atoms with van der Waals surface area (Å²) < 4.78 is 68.2. The summed E-state index contributed by atoms with van der Waals surface area (Å²) in [5.74, 6) is 0.856. The van der Waals surface area contributed by atoms with Crippen LogP contribution in [0.5, 0.6) is 0 Å². The van der Waals surface area contributed by atoms with Crippen molar-refractivity contribution in [3.63, 3.8) is 0 Å². The van der Waals surface area contributed by atoms with Crippen LogP contribution in [-0.4, -0.2) is 96.7 Å². The first-order valence-electron chi connectivity index (χ1n) is 35.3. The first-order valence-corrected chi connectivity index (χ1v) is 38.3. The average molecular weight is 1280 g/mol. The molecule has 17 nitrogen and oxygen atoms in total. The number of phosphoric ester groups is 2. The normalized spacial score (nSPS) is 15.0. The maximum atomic E-state index is 13.0. The van der Waals surface area contributed by atoms with E-state index >= 15 is 0 Å². The molecule has 0 bridgehead atoms. The van der Waals surface area contributed by atoms with Crippen molar-refractivity contribution in [3.05, 3.63) is 0 Å². The Balaban J connectivity index is 5.25. The molecule has 3 N–H and O–H groups in total. The van der Waals surface area contributed by atoms with Crippen LogP contribution in [-0.2, 0) is 65.4 Å². The summed E-state index contributed by atoms with van der Waals surface area (Å²) in [6.07, 6.45) is 39.0. The smallest absolute Gasteiger partial charge is 0.462 e. The number of aliphatic hydroxyl groups is 1. The summed E-state index contributed by atoms with van der Waals surface area (Å²) in [5.41, 5.74) is 0. The topological polar surface area (TPSA) is 237 Å². The summed E-state index contributed by atoms with van der Waals surface area (Å²) in [4.78, 5) is 72.4. The molecular formula is C68H132O17P2. The largest absolute Gasteiger partial charge is 0.472 e. The van der Waals surface area contributed by atoms with E-state index in [2.05, 4.69) is 55.4 Å². The second kappa shape index (κ2) is 57.9. The van der Waals surface area contributed by atoms with E-state index < -0.39 is 97.5 Å². The molecule has 87 heavy (non-hydrogen) atoms. The highest BCUT2D eigenvalue weighted by Gasteiger charge is 2.30. The third-order valence-corrected chi connectivity index (χ3v) is 18.2. The van der Waals surface area contributed by atoms with E-state index in [1.807, 2.05) is 0 Å². The number of ether oxygens (including phenoxy) is 4. The van der Waals surface area contributed by atoms with Gasteiger partial charge >= 0.3 is 39.5 Å². The Morgan fingerprint density at radius 1 is 0.322 bits per heavy atom. The highest BCUT2D eigenvalue weighted by atomic mass is 31.2. The van der Waals surface area contributed by atoms with Crippen molar-refractivity contribution >= 4 is 39.5 Å². The van der Waals surface area contributed by atoms with Crippen LogP contribution in [0.2, 0.25) is 0 Å². The van der Waals surface area contributed by atoms with E-state index in [0.717, 1.165) is 115 Å². The first-order chi connectivity index (χ1) is 41.7. The van der Waals surface area contributed by atoms with Gasteiger partial charge in [-0.2, -0.15) is 0 Å². The van der Waals surface area contributed by atoms with E-state index in [-0.39, 0.29) is 25.7 Å². The van der Waals surface area contributed by atoms with Crippen molar-refractivity contribution in [1.82, 2.24) is 0 Å². The molecule has 0 saturated carbocycles. The maximum Gasteiger partial charge on any atom is 0.472 e. The van der Waals surface area contributed by atoms with Gasteiger partial charge in [0.15, 0.2) is 12.2 Å². The Labute approximate surface area is 530 Å². The Hall–Kier alpha value is -1.94. The van der Waals surface area contributed by atoms with Crippen LogP contribution in [0.4, 0.5) is 0 Å². The zero-order valence-corrected chi connectivity index (χ0v) is 58.4. The van der Waals surface area contributed by atoms with Crippen molar-refractivity contribution < 1.29 is 80.2 Å². The van der Waals surface area contributed by atoms with Crippen LogP contribution in [0.1, 0.15) is 331 Å². The highest BCUT2D eigenvalue weighted by Crippen LogP contribution is 2.45. The molecule has 5 unspecified atom stereocenters. The van der Waals surface area contributed by atoms with Crippen LogP contribution in [0.15, 0.2) is 0 Å². The zero-order chi connectivity index (χ0) is 64.7. The van der Waals surface area contributed by atoms with E-state index in [4.69, 9.17) is 37.0 Å². The molecule has 516 valence electrons. The number of unbranched alkanes of at least 4 members (excludes halogenated alkanes) is 29. The highest BCUT2D eigenvalue weighted by molar-refractivity contribution is 7.47. The molecular weight excluding hydrogens is 1150 g/mol. The van der Waals surface area contributed by atoms with Gasteiger partial charge < -0.3 is 33.8 Å². The number of aliphatic hydroxyl groups excluding tert-OH is 1. The lowest BCUT2D eigenvalue weighted by atomic mass is 9.99. The quantitative estimate of drug-likeness (QED) is 0.0222. The number of hydrogen-bond donors (Lipinski definition) is 3. The third-order valence-electron chi connectivity index (χ3n) is 16.3. The molecule has 0 heterocycles. The molecule has 0 aliphatic rings. The molecule has 0 aromatic heterocycles. The molecule has 0 rings (SSSR count). The Kier molecular flexibility index (Phi) is 56.6. The minimum absolute atomic E-state index is 0.104. The molecule has 7 atom stereocenters. The van der Waals surface area contributed by atoms with Gasteiger partial charge in [-0.25, -0.2) is 9.13 Å². The molecule has 0 fully saturated rings. The molecule has 0 saturated heterocycles. The number of carbonyl (C=O) groups excluding carboxylic acids is 4. The predicted molar refractivity (Wildman–Crippen MR) is 349 cm³/mol. The Bertz CT molecular complexity index is 1730. The zero-order valence-electron chi connectivity index (χ0n) is 56.6. The monoisotopic (exact) mass is 1280 g/mol. The number of rotatable bonds is 65. The van der Waals surface area contributed by atoms with Crippen LogP contribution < -0.4 is 0 Å². The predicted octanol–water partition coefficient (Wildman–Crippen LogP) is 18.9. The van der Waals surface area contributed by atoms with Gasteiger partial charge in [-0.15, -0.1) is 0 Å². The molecule has 0 amide bonds. The number of phosphoric acid groups is 2. The number of hydrogen-bond acceptors (Lipinski definition) is 15. The van der Waals surface area contributed by atoms with Crippen molar-refractivity contribution in [2.24, 2.45) is 23.7 Å². The summed E-state index contributed by atoms with van der Waals surface area (Å²) in [6.45, 7) is 14.0. The molecule has 0 aromatic rings. The van der Waals surface area contributed by atoms with Gasteiger partial charge in [0.1, 0.15) is 19.3 Å². The van der Waals surface area contributed by atoms with E-state index in [1.54, 1.807) is 0 Å². The van der Waals surface area contributed by atoms with Crippen LogP contribution in [0, 0.1) is 23.7 Å². The lowest BCUT2D eigenvalue weighted by molar-refractivity contribution is -0.161. The molecule has 0 aliphatic carbocycles. The second-order valence-electron chi connectivity index (χ2n) is 26.0. The Morgan fingerprint density at radius 2 is 0.552 bits per heavy atom. The van der Waals surface area contributed by atoms with Crippen LogP contribution in [0.3, 0.4) is 0 Å². The fourth-order valence-electron chi connectivity index (χ4n) is 10.1. The second-order valence-corrected chi connectivity index (χ2v) is 28.9. The maximum absolute atomic E-state index is 13.0. The van der Waals surface area contributed by atoms with E-state index in [1.165, 1.54) is 122 Å². The number of esters is 4. The standard InChI is InChI=1S/C68H132O17P2/c1-9-60(7)46-38-30-21-15-11-13-17-23-34-42-50-67(72)84-63(54-78-65(70)48-40-32-25-19-20-28-36-44-58(3)4)56-82-86(74,75)80-52-62(69)53-81-87(76,77)83-57-64(55-79-66(71)49-41-33-27-26-29-37-45-59(5)6)85-68(73)51-43-35-24-18-14-12-16-22-31-39-47-61(8)10-2/h58-64,69H,9-57H2,1-8H3,(H,74,75)(H,76,77)/t60?,61?,62?,63-,64-/m1/s1. The van der Waals surface area contributed by atoms with Crippen LogP contribution in [0.25, 0.3) is 0 Å². The molecule has 0 radical (unpaired) electrons. The lowest BCUT2D eigenvalue weighted by Gasteiger charge is -2.21. The summed E-state index contributed by atoms with van der Waals surface area (Å²) in [5, 5.41) is 10.6. The molecule has 0 aromatic carbocycles. The average Bonchev–Trinajstić information content (AvgIpc) is 3.70. The molecule has 19 heteroatoms. The van der Waals surface area contributed by atoms with E-state index in [0.29, 0.717) is 37.5 Å². The van der Waals surface area contributed by atoms with E-state index in [9.17, 15) is 43.2 Å². The van der Waals surface area contributed by atoms with Gasteiger partial charge in [-0.05, 0) is 49.4 Å². The summed E-state index contributed by atoms with van der Waals surface area (Å²) in [7, 11) is -9.90. The van der Waals surface area contributed by atoms with Gasteiger partial charge in [0, 0.05) is 25.7 Å². The summed E-state index contributed by atoms with van der Waals surface area (Å²) in [6, 6.07) is 0. The fourth-order valence-corrected chi connectivity index (χ4v) is 11.7. The van der Waals surface area contributed by atoms with Crippen molar-refractivity contribution in [2.45, 2.75) is 350 Å². The first kappa shape index (κ1) is 85.1. The summed E-state index contributed by atoms with van der Waals surface area (Å²) >= 11 is 0. The minimum atomic E-state index is -4.95. The molecule has 0 spiro atoms. The number of carbonyl (C=O) groups is 4. The SMILES string of the molecule is CCC(C)CCCCCCCCCCCCC(=O)O[C@H](COC(=O)CCCCCCCCCC(C)C)COP(=O)(O)OCC(O)COP(=O)(O)OC[C@@H](COC(=O)CCCCCCCCC(C)C)OC(=O)CCCCCCCCCCCCC(C)CC. The molecule has 0 aliphatic heterocycles. The van der Waals surface area contributed by atoms with Crippen molar-refractivity contribution in [1.29, 1.82) is 0 Å². The van der Waals surface area contributed by atoms with Gasteiger partial charge in [-0.1, -0.05) is 280 Å². The Morgan fingerprint density at radius 3 is 0.816 bits per heavy atom. The van der Waals surface area contributed by atoms with Crippen LogP contribution >= 0.6 is 15.6 Å². The van der Waals surface area contributed by atoms with Gasteiger partial charge in [0.25, 0.3) is 0 Å². The van der Waals surface area contributed by atoms with Crippen molar-refractivity contribution in [2.75, 3.05) is 39.6 Å². The van der Waals surface area contributed by atoms with Crippen molar-refractivity contribution in [3.8, 4) is 0 Å². The lowest BCUT2D eigenvalue weighted by Crippen LogP contribution is -2.30.